The number of hydrogen-bond donors (Lipinski definition) is 0. The quantitative estimate of drug-likeness (QED) is 0.0194. The van der Waals surface area contributed by atoms with Gasteiger partial charge in [0.05, 0.1) is 79.7 Å². The Kier molecular flexibility index (Phi) is 47.6. The van der Waals surface area contributed by atoms with Crippen LogP contribution in [0.1, 0.15) is 293 Å². The van der Waals surface area contributed by atoms with Crippen molar-refractivity contribution in [2.24, 2.45) is 5.92 Å². The van der Waals surface area contributed by atoms with E-state index in [-0.39, 0.29) is 61.6 Å². The van der Waals surface area contributed by atoms with Crippen molar-refractivity contribution in [3.05, 3.63) is 323 Å². The van der Waals surface area contributed by atoms with Gasteiger partial charge in [-0.05, 0) is 122 Å². The van der Waals surface area contributed by atoms with Crippen LogP contribution in [0.25, 0.3) is 0 Å². The number of carbonyl (C=O) groups excluding carboxylic acids is 9. The molecule has 0 bridgehead atoms. The molecule has 9 aromatic carbocycles. The second-order valence-electron chi connectivity index (χ2n) is 37.6. The Morgan fingerprint density at radius 3 is 0.803 bits per heavy atom. The van der Waals surface area contributed by atoms with Crippen molar-refractivity contribution in [3.8, 4) is 0 Å². The number of sulfone groups is 2. The lowest BCUT2D eigenvalue weighted by Crippen LogP contribution is -2.66. The predicted molar refractivity (Wildman–Crippen MR) is 552 cm³/mol. The molecule has 0 amide bonds. The first-order valence-corrected chi connectivity index (χ1v) is 55.8. The first-order valence-electron chi connectivity index (χ1n) is 52.1. The van der Waals surface area contributed by atoms with Gasteiger partial charge in [-0.25, -0.2) is 60.0 Å². The summed E-state index contributed by atoms with van der Waals surface area (Å²) in [4.78, 5) is 135. The Hall–Kier alpha value is -12.1. The van der Waals surface area contributed by atoms with E-state index in [0.717, 1.165) is 64.2 Å². The van der Waals surface area contributed by atoms with Crippen molar-refractivity contribution in [2.75, 3.05) is 49.4 Å². The van der Waals surface area contributed by atoms with Gasteiger partial charge >= 0.3 is 53.7 Å². The molecule has 0 N–H and O–H groups in total. The number of ether oxygens (including phenoxy) is 15. The van der Waals surface area contributed by atoms with Crippen LogP contribution in [0, 0.1) is 5.92 Å². The van der Waals surface area contributed by atoms with Crippen LogP contribution in [0.4, 0.5) is 0 Å². The maximum atomic E-state index is 15.5. The average molecular weight is 2060 g/mol. The molecular formula is C117H140O28S2. The monoisotopic (exact) mass is 2060 g/mol. The molecule has 3 aliphatic rings. The van der Waals surface area contributed by atoms with E-state index in [9.17, 15) is 36.0 Å². The summed E-state index contributed by atoms with van der Waals surface area (Å²) in [5.41, 5.74) is -0.145. The lowest BCUT2D eigenvalue weighted by molar-refractivity contribution is -0.360. The molecule has 3 heterocycles. The summed E-state index contributed by atoms with van der Waals surface area (Å²) in [6.45, 7) is 1.12. The second kappa shape index (κ2) is 61.6. The molecule has 3 saturated heterocycles. The first kappa shape index (κ1) is 114. The zero-order valence-corrected chi connectivity index (χ0v) is 85.7. The van der Waals surface area contributed by atoms with Crippen LogP contribution in [0.2, 0.25) is 0 Å². The van der Waals surface area contributed by atoms with Crippen LogP contribution >= 0.6 is 0 Å². The molecule has 12 rings (SSSR count). The van der Waals surface area contributed by atoms with E-state index < -0.39 is 210 Å². The van der Waals surface area contributed by atoms with E-state index >= 15 is 24.0 Å². The lowest BCUT2D eigenvalue weighted by atomic mass is 9.96. The van der Waals surface area contributed by atoms with E-state index in [0.29, 0.717) is 25.7 Å². The Morgan fingerprint density at radius 1 is 0.259 bits per heavy atom. The van der Waals surface area contributed by atoms with Gasteiger partial charge in [-0.3, -0.25) is 0 Å². The molecule has 9 aromatic rings. The number of esters is 9. The normalized spacial score (nSPS) is 20.3. The van der Waals surface area contributed by atoms with E-state index in [2.05, 4.69) is 13.8 Å². The summed E-state index contributed by atoms with van der Waals surface area (Å²) in [5, 5.41) is 0. The average Bonchev–Trinajstić information content (AvgIpc) is 0.764. The zero-order chi connectivity index (χ0) is 104. The highest BCUT2D eigenvalue weighted by Gasteiger charge is 2.59. The van der Waals surface area contributed by atoms with Crippen LogP contribution < -0.4 is 0 Å². The van der Waals surface area contributed by atoms with Crippen LogP contribution in [0.3, 0.4) is 0 Å². The largest absolute Gasteiger partial charge is 0.459 e. The molecule has 14 atom stereocenters. The third kappa shape index (κ3) is 37.9. The van der Waals surface area contributed by atoms with Gasteiger partial charge in [-0.2, -0.15) is 0 Å². The molecule has 30 heteroatoms. The molecule has 3 aliphatic heterocycles. The molecule has 0 unspecified atom stereocenters. The van der Waals surface area contributed by atoms with Gasteiger partial charge in [-0.1, -0.05) is 345 Å². The molecule has 147 heavy (non-hydrogen) atoms. The van der Waals surface area contributed by atoms with Crippen LogP contribution in [0.5, 0.6) is 0 Å². The van der Waals surface area contributed by atoms with Gasteiger partial charge in [0.25, 0.3) is 0 Å². The minimum absolute atomic E-state index is 0.0138. The number of carbonyl (C=O) groups is 9. The topological polar surface area (TPSA) is 360 Å². The van der Waals surface area contributed by atoms with Crippen molar-refractivity contribution >= 4 is 73.4 Å². The molecular weight excluding hydrogens is 1920 g/mol. The SMILES string of the molecule is CCCCCCCCCCCCCCCCS(=O)(=O)CC(CO[C@@H]1O[C@H](COC(=O)c2ccccc2)[C@@H](O[C@H]2C[C@@H](OC(=O)c3ccccc3)[C@@H](O[C@H]3O[C@H](COC(=O)c4ccccc4)[C@H](OC(=O)c4ccccc4)[C@H](OC(=O)c4ccccc4)[C@H]3OC(=O)c3ccccc3)[C@@H](COC(=O)c3ccccc3)O2)[C@H](OC(=O)c2ccccc2)[C@H]1OC(=O)c1ccccc1)CS(=O)(=O)CCCCCCCCCCCCCCCC. The summed E-state index contributed by atoms with van der Waals surface area (Å²) in [5.74, 6) is -12.3. The van der Waals surface area contributed by atoms with Crippen molar-refractivity contribution in [1.29, 1.82) is 0 Å². The fourth-order valence-corrected chi connectivity index (χ4v) is 21.8. The summed E-state index contributed by atoms with van der Waals surface area (Å²) >= 11 is 0. The molecule has 3 fully saturated rings. The molecule has 788 valence electrons. The third-order valence-electron chi connectivity index (χ3n) is 26.1. The van der Waals surface area contributed by atoms with Crippen molar-refractivity contribution in [3.63, 3.8) is 0 Å². The van der Waals surface area contributed by atoms with Crippen molar-refractivity contribution in [2.45, 2.75) is 286 Å². The number of unbranched alkanes of at least 4 members (excludes halogenated alkanes) is 26. The maximum Gasteiger partial charge on any atom is 0.338 e. The number of hydrogen-bond acceptors (Lipinski definition) is 28. The minimum atomic E-state index is -4.09. The molecule has 28 nitrogen and oxygen atoms in total. The molecule has 0 radical (unpaired) electrons. The Balaban J connectivity index is 0.936. The smallest absolute Gasteiger partial charge is 0.338 e. The second-order valence-corrected chi connectivity index (χ2v) is 42.1. The third-order valence-corrected chi connectivity index (χ3v) is 29.8. The Bertz CT molecular complexity index is 5620. The van der Waals surface area contributed by atoms with Gasteiger partial charge in [-0.15, -0.1) is 0 Å². The van der Waals surface area contributed by atoms with Crippen LogP contribution in [-0.2, 0) is 90.7 Å². The standard InChI is InChI=1S/C117H140O28S2/c1-3-5-7-9-11-13-15-17-19-21-23-25-27-56-76-146(127,128)83-85(84-147(129,130)77-57-28-26-24-22-20-18-16-14-12-10-8-6-4-2)79-134-116-105(143-114(125)93-72-52-36-53-73-93)103(141-112(123)91-68-48-34-49-69-91)101(97(137-116)81-132-108(119)87-60-40-30-41-61-87)139-99-78-95(136-110(121)89-64-44-32-45-65-89)100(96(135-99)80-131-107(118)86-58-38-29-39-59-86)145-117-106(144-115(126)94-74-54-37-55-75-94)104(142-113(124)92-70-50-35-51-71-92)102(140-111(122)90-66-46-33-47-67-90)98(138-117)82-133-109(120)88-62-42-31-43-63-88/h29-55,58-75,85,95-106,116-117H,3-28,56-57,76-84H2,1-2H3/t95-,96-,97-,98-,99+,100-,101-,102+,103+,104+,105-,106-,116-,117-/m1/s1. The van der Waals surface area contributed by atoms with E-state index in [4.69, 9.17) is 71.1 Å². The molecule has 0 aliphatic carbocycles. The van der Waals surface area contributed by atoms with Gasteiger partial charge in [0.2, 0.25) is 0 Å². The Morgan fingerprint density at radius 2 is 0.497 bits per heavy atom. The predicted octanol–water partition coefficient (Wildman–Crippen LogP) is 21.7. The summed E-state index contributed by atoms with van der Waals surface area (Å²) in [7, 11) is -8.18. The van der Waals surface area contributed by atoms with Gasteiger partial charge in [0, 0.05) is 12.3 Å². The maximum absolute atomic E-state index is 15.5. The summed E-state index contributed by atoms with van der Waals surface area (Å²) in [6, 6.07) is 69.2. The van der Waals surface area contributed by atoms with Crippen molar-refractivity contribution in [1.82, 2.24) is 0 Å². The summed E-state index contributed by atoms with van der Waals surface area (Å²) in [6.07, 6.45) is 0.716. The van der Waals surface area contributed by atoms with E-state index in [1.165, 1.54) is 199 Å². The highest BCUT2D eigenvalue weighted by molar-refractivity contribution is 7.92. The fraction of sp³-hybridized carbons (Fsp3) is 0.462. The molecule has 0 spiro atoms. The fourth-order valence-electron chi connectivity index (χ4n) is 18.2. The van der Waals surface area contributed by atoms with Crippen LogP contribution in [-0.4, -0.2) is 206 Å². The lowest BCUT2D eigenvalue weighted by Gasteiger charge is -2.49. The highest BCUT2D eigenvalue weighted by Crippen LogP contribution is 2.40. The Labute approximate surface area is 863 Å². The van der Waals surface area contributed by atoms with Gasteiger partial charge in [0.1, 0.15) is 56.4 Å². The molecule has 0 aromatic heterocycles. The summed E-state index contributed by atoms with van der Waals surface area (Å²) < 4.78 is 160. The minimum Gasteiger partial charge on any atom is -0.459 e. The van der Waals surface area contributed by atoms with Crippen LogP contribution in [0.15, 0.2) is 273 Å². The zero-order valence-electron chi connectivity index (χ0n) is 84.1. The van der Waals surface area contributed by atoms with Gasteiger partial charge < -0.3 is 71.1 Å². The number of benzene rings is 9. The van der Waals surface area contributed by atoms with E-state index in [1.54, 1.807) is 164 Å². The number of rotatable bonds is 62. The highest BCUT2D eigenvalue weighted by atomic mass is 32.2. The molecule has 0 saturated carbocycles. The van der Waals surface area contributed by atoms with E-state index in [1.807, 2.05) is 0 Å². The van der Waals surface area contributed by atoms with Crippen molar-refractivity contribution < 1.29 is 131 Å². The first-order chi connectivity index (χ1) is 71.6. The van der Waals surface area contributed by atoms with Gasteiger partial charge in [0.15, 0.2) is 69.1 Å².